The van der Waals surface area contributed by atoms with Gasteiger partial charge in [0.2, 0.25) is 5.91 Å². The molecule has 1 N–H and O–H groups in total. The number of amides is 1. The Labute approximate surface area is 192 Å². The summed E-state index contributed by atoms with van der Waals surface area (Å²) in [4.78, 5) is 34.4. The molecule has 0 unspecified atom stereocenters. The number of aromatic nitrogens is 2. The summed E-state index contributed by atoms with van der Waals surface area (Å²) in [5, 5.41) is 3.78. The lowest BCUT2D eigenvalue weighted by atomic mass is 9.97. The molecule has 0 fully saturated rings. The molecule has 0 spiro atoms. The van der Waals surface area contributed by atoms with Gasteiger partial charge in [0, 0.05) is 30.0 Å². The number of carbonyl (C=O) groups excluding carboxylic acids is 1. The number of nitrogens with zero attached hydrogens (tertiary/aromatic N) is 3. The Kier molecular flexibility index (Phi) is 6.91. The van der Waals surface area contributed by atoms with Gasteiger partial charge in [0.05, 0.1) is 24.9 Å². The molecule has 1 aliphatic carbocycles. The fraction of sp³-hybridized carbons (Fsp3) is 0.458. The van der Waals surface area contributed by atoms with Crippen molar-refractivity contribution >= 4 is 27.5 Å². The standard InChI is InChI=1S/C24H30N4O3S/c1-27(2)18(16-8-4-6-10-19(16)31-3)14-25-21(29)12-13-28-15-26-23-22(24(28)30)17-9-5-7-11-20(17)32-23/h4,6,8,10,15,18H,5,7,9,11-14H2,1-3H3,(H,25,29)/t18-/m1/s1. The SMILES string of the molecule is COc1ccccc1[C@@H](CNC(=O)CCn1cnc2sc3c(c2c1=O)CCCC3)N(C)C. The summed E-state index contributed by atoms with van der Waals surface area (Å²) in [6.45, 7) is 0.774. The van der Waals surface area contributed by atoms with Gasteiger partial charge >= 0.3 is 0 Å². The first-order chi connectivity index (χ1) is 15.5. The molecule has 0 bridgehead atoms. The molecule has 1 aromatic carbocycles. The Hall–Kier alpha value is -2.71. The van der Waals surface area contributed by atoms with Gasteiger partial charge in [0.15, 0.2) is 0 Å². The number of benzene rings is 1. The summed E-state index contributed by atoms with van der Waals surface area (Å²) in [7, 11) is 5.61. The van der Waals surface area contributed by atoms with Crippen LogP contribution in [-0.4, -0.2) is 48.1 Å². The highest BCUT2D eigenvalue weighted by atomic mass is 32.1. The van der Waals surface area contributed by atoms with Crippen LogP contribution >= 0.6 is 11.3 Å². The van der Waals surface area contributed by atoms with Crippen LogP contribution < -0.4 is 15.6 Å². The number of carbonyl (C=O) groups is 1. The Morgan fingerprint density at radius 2 is 2.06 bits per heavy atom. The lowest BCUT2D eigenvalue weighted by molar-refractivity contribution is -0.121. The Morgan fingerprint density at radius 3 is 2.84 bits per heavy atom. The summed E-state index contributed by atoms with van der Waals surface area (Å²) >= 11 is 1.64. The molecule has 0 radical (unpaired) electrons. The number of methoxy groups -OCH3 is 1. The first-order valence-corrected chi connectivity index (χ1v) is 11.9. The zero-order valence-electron chi connectivity index (χ0n) is 18.9. The summed E-state index contributed by atoms with van der Waals surface area (Å²) < 4.78 is 7.06. The minimum Gasteiger partial charge on any atom is -0.496 e. The van der Waals surface area contributed by atoms with E-state index in [1.54, 1.807) is 29.3 Å². The smallest absolute Gasteiger partial charge is 0.262 e. The highest BCUT2D eigenvalue weighted by molar-refractivity contribution is 7.18. The van der Waals surface area contributed by atoms with E-state index in [0.29, 0.717) is 13.1 Å². The lowest BCUT2D eigenvalue weighted by Gasteiger charge is -2.26. The van der Waals surface area contributed by atoms with E-state index < -0.39 is 0 Å². The number of rotatable bonds is 8. The van der Waals surface area contributed by atoms with Gasteiger partial charge < -0.3 is 15.0 Å². The van der Waals surface area contributed by atoms with Crippen LogP contribution in [0.1, 0.15) is 41.3 Å². The summed E-state index contributed by atoms with van der Waals surface area (Å²) in [5.41, 5.74) is 2.17. The Bertz CT molecular complexity index is 1170. The van der Waals surface area contributed by atoms with E-state index >= 15 is 0 Å². The second-order valence-electron chi connectivity index (χ2n) is 8.41. The third kappa shape index (κ3) is 4.56. The van der Waals surface area contributed by atoms with E-state index in [9.17, 15) is 9.59 Å². The van der Waals surface area contributed by atoms with E-state index in [4.69, 9.17) is 4.74 Å². The van der Waals surface area contributed by atoms with Crippen molar-refractivity contribution in [2.45, 2.75) is 44.7 Å². The number of hydrogen-bond donors (Lipinski definition) is 1. The molecule has 4 rings (SSSR count). The predicted molar refractivity (Wildman–Crippen MR) is 128 cm³/mol. The molecule has 7 nitrogen and oxygen atoms in total. The van der Waals surface area contributed by atoms with E-state index in [-0.39, 0.29) is 23.9 Å². The van der Waals surface area contributed by atoms with Crippen molar-refractivity contribution < 1.29 is 9.53 Å². The minimum atomic E-state index is -0.0916. The van der Waals surface area contributed by atoms with Crippen molar-refractivity contribution in [1.29, 1.82) is 0 Å². The number of fused-ring (bicyclic) bond motifs is 3. The average molecular weight is 455 g/mol. The number of para-hydroxylation sites is 1. The van der Waals surface area contributed by atoms with Crippen molar-refractivity contribution in [2.75, 3.05) is 27.7 Å². The molecule has 1 atom stereocenters. The predicted octanol–water partition coefficient (Wildman–Crippen LogP) is 3.15. The molecular weight excluding hydrogens is 424 g/mol. The van der Waals surface area contributed by atoms with Crippen LogP contribution in [0.5, 0.6) is 5.75 Å². The molecule has 0 aliphatic heterocycles. The summed E-state index contributed by atoms with van der Waals surface area (Å²) in [6.07, 6.45) is 6.09. The highest BCUT2D eigenvalue weighted by Crippen LogP contribution is 2.33. The van der Waals surface area contributed by atoms with Crippen molar-refractivity contribution in [3.8, 4) is 5.75 Å². The molecule has 32 heavy (non-hydrogen) atoms. The molecule has 0 saturated carbocycles. The van der Waals surface area contributed by atoms with Gasteiger partial charge in [-0.3, -0.25) is 14.2 Å². The number of nitrogens with one attached hydrogen (secondary N) is 1. The van der Waals surface area contributed by atoms with Crippen LogP contribution in [-0.2, 0) is 24.2 Å². The summed E-state index contributed by atoms with van der Waals surface area (Å²) in [6, 6.07) is 7.81. The second kappa shape index (κ2) is 9.83. The first-order valence-electron chi connectivity index (χ1n) is 11.0. The van der Waals surface area contributed by atoms with Crippen molar-refractivity contribution in [2.24, 2.45) is 0 Å². The second-order valence-corrected chi connectivity index (χ2v) is 9.49. The normalized spacial score (nSPS) is 14.4. The molecule has 3 aromatic rings. The van der Waals surface area contributed by atoms with Crippen molar-refractivity contribution in [1.82, 2.24) is 19.8 Å². The van der Waals surface area contributed by atoms with Crippen LogP contribution in [0.2, 0.25) is 0 Å². The van der Waals surface area contributed by atoms with Crippen molar-refractivity contribution in [3.63, 3.8) is 0 Å². The zero-order chi connectivity index (χ0) is 22.7. The van der Waals surface area contributed by atoms with Gasteiger partial charge in [-0.25, -0.2) is 4.98 Å². The maximum absolute atomic E-state index is 13.1. The molecule has 1 aliphatic rings. The van der Waals surface area contributed by atoms with Crippen LogP contribution in [0.3, 0.4) is 0 Å². The maximum atomic E-state index is 13.1. The molecule has 8 heteroatoms. The van der Waals surface area contributed by atoms with Crippen LogP contribution in [0.4, 0.5) is 0 Å². The Balaban J connectivity index is 1.42. The molecule has 2 aromatic heterocycles. The number of thiophene rings is 1. The van der Waals surface area contributed by atoms with E-state index in [0.717, 1.165) is 40.8 Å². The topological polar surface area (TPSA) is 76.5 Å². The third-order valence-electron chi connectivity index (χ3n) is 6.14. The van der Waals surface area contributed by atoms with E-state index in [1.165, 1.54) is 16.9 Å². The average Bonchev–Trinajstić information content (AvgIpc) is 3.18. The number of hydrogen-bond acceptors (Lipinski definition) is 6. The highest BCUT2D eigenvalue weighted by Gasteiger charge is 2.21. The number of aryl methyl sites for hydroxylation is 3. The van der Waals surface area contributed by atoms with E-state index in [2.05, 4.69) is 15.2 Å². The number of ether oxygens (including phenoxy) is 1. The minimum absolute atomic E-state index is 0.0202. The third-order valence-corrected chi connectivity index (χ3v) is 7.34. The monoisotopic (exact) mass is 454 g/mol. The molecule has 0 saturated heterocycles. The molecule has 170 valence electrons. The molecule has 2 heterocycles. The number of likely N-dealkylation sites (N-methyl/N-ethyl adjacent to an activating group) is 1. The first kappa shape index (κ1) is 22.5. The summed E-state index contributed by atoms with van der Waals surface area (Å²) in [5.74, 6) is 0.705. The fourth-order valence-corrected chi connectivity index (χ4v) is 5.59. The van der Waals surface area contributed by atoms with Crippen LogP contribution in [0.15, 0.2) is 35.4 Å². The Morgan fingerprint density at radius 1 is 1.28 bits per heavy atom. The largest absolute Gasteiger partial charge is 0.496 e. The van der Waals surface area contributed by atoms with Gasteiger partial charge in [-0.05, 0) is 51.4 Å². The quantitative estimate of drug-likeness (QED) is 0.566. The fourth-order valence-electron chi connectivity index (χ4n) is 4.37. The lowest BCUT2D eigenvalue weighted by Crippen LogP contribution is -2.35. The van der Waals surface area contributed by atoms with Crippen molar-refractivity contribution in [3.05, 3.63) is 57.0 Å². The molecule has 1 amide bonds. The van der Waals surface area contributed by atoms with E-state index in [1.807, 2.05) is 38.4 Å². The van der Waals surface area contributed by atoms with Crippen LogP contribution in [0.25, 0.3) is 10.2 Å². The van der Waals surface area contributed by atoms with Gasteiger partial charge in [0.1, 0.15) is 10.6 Å². The zero-order valence-corrected chi connectivity index (χ0v) is 19.7. The maximum Gasteiger partial charge on any atom is 0.262 e. The van der Waals surface area contributed by atoms with Gasteiger partial charge in [-0.2, -0.15) is 0 Å². The van der Waals surface area contributed by atoms with Gasteiger partial charge in [-0.1, -0.05) is 18.2 Å². The van der Waals surface area contributed by atoms with Gasteiger partial charge in [-0.15, -0.1) is 11.3 Å². The van der Waals surface area contributed by atoms with Crippen LogP contribution in [0, 0.1) is 0 Å². The molecular formula is C24H30N4O3S. The van der Waals surface area contributed by atoms with Gasteiger partial charge in [0.25, 0.3) is 5.56 Å².